The van der Waals surface area contributed by atoms with Crippen LogP contribution in [0.25, 0.3) is 22.6 Å². The molecule has 2 aromatic heterocycles. The fourth-order valence-electron chi connectivity index (χ4n) is 4.62. The van der Waals surface area contributed by atoms with E-state index < -0.39 is 0 Å². The summed E-state index contributed by atoms with van der Waals surface area (Å²) in [5.74, 6) is 2.73. The third-order valence-electron chi connectivity index (χ3n) is 6.55. The lowest BCUT2D eigenvalue weighted by molar-refractivity contribution is 0.355. The summed E-state index contributed by atoms with van der Waals surface area (Å²) in [4.78, 5) is 4.47. The molecular weight excluding hydrogens is 480 g/mol. The number of para-hydroxylation sites is 1. The third-order valence-corrected chi connectivity index (χ3v) is 6.55. The molecule has 3 aromatic carbocycles. The van der Waals surface area contributed by atoms with E-state index in [0.29, 0.717) is 17.4 Å². The van der Waals surface area contributed by atoms with Gasteiger partial charge in [-0.2, -0.15) is 15.2 Å². The number of anilines is 1. The number of rotatable bonds is 7. The Morgan fingerprint density at radius 2 is 1.58 bits per heavy atom. The summed E-state index contributed by atoms with van der Waals surface area (Å²) < 4.78 is 20.2. The van der Waals surface area contributed by atoms with Crippen molar-refractivity contribution in [2.75, 3.05) is 26.6 Å². The second-order valence-corrected chi connectivity index (χ2v) is 8.69. The Morgan fingerprint density at radius 3 is 2.32 bits per heavy atom. The average Bonchev–Trinajstić information content (AvgIpc) is 3.65. The van der Waals surface area contributed by atoms with Crippen molar-refractivity contribution in [2.45, 2.75) is 6.04 Å². The maximum Gasteiger partial charge on any atom is 0.226 e. The molecular formula is C29H26N6O3. The zero-order valence-corrected chi connectivity index (χ0v) is 21.2. The van der Waals surface area contributed by atoms with Crippen LogP contribution in [0.15, 0.2) is 91.4 Å². The zero-order chi connectivity index (χ0) is 26.1. The number of benzene rings is 3. The molecule has 1 aliphatic heterocycles. The zero-order valence-electron chi connectivity index (χ0n) is 21.2. The largest absolute Gasteiger partial charge is 0.497 e. The van der Waals surface area contributed by atoms with Gasteiger partial charge in [0.1, 0.15) is 18.1 Å². The van der Waals surface area contributed by atoms with Crippen molar-refractivity contribution < 1.29 is 14.2 Å². The first-order valence-corrected chi connectivity index (χ1v) is 12.1. The Balaban J connectivity index is 1.53. The first-order valence-electron chi connectivity index (χ1n) is 12.1. The minimum absolute atomic E-state index is 0.272. The quantitative estimate of drug-likeness (QED) is 0.324. The Bertz CT molecular complexity index is 1610. The van der Waals surface area contributed by atoms with Crippen LogP contribution in [-0.4, -0.2) is 45.9 Å². The summed E-state index contributed by atoms with van der Waals surface area (Å²) in [5, 5.41) is 13.0. The van der Waals surface area contributed by atoms with E-state index in [0.717, 1.165) is 39.5 Å². The van der Waals surface area contributed by atoms with Gasteiger partial charge in [-0.15, -0.1) is 0 Å². The van der Waals surface area contributed by atoms with Gasteiger partial charge in [-0.25, -0.2) is 9.36 Å². The fraction of sp³-hybridized carbons (Fsp3) is 0.138. The van der Waals surface area contributed by atoms with E-state index in [9.17, 15) is 0 Å². The van der Waals surface area contributed by atoms with Crippen molar-refractivity contribution in [3.63, 3.8) is 0 Å². The summed E-state index contributed by atoms with van der Waals surface area (Å²) in [7, 11) is 4.91. The van der Waals surface area contributed by atoms with Crippen LogP contribution in [-0.2, 0) is 0 Å². The predicted octanol–water partition coefficient (Wildman–Crippen LogP) is 5.21. The smallest absolute Gasteiger partial charge is 0.226 e. The van der Waals surface area contributed by atoms with Gasteiger partial charge in [-0.3, -0.25) is 0 Å². The second-order valence-electron chi connectivity index (χ2n) is 8.69. The minimum atomic E-state index is -0.272. The van der Waals surface area contributed by atoms with Crippen molar-refractivity contribution in [3.8, 4) is 34.2 Å². The number of hydrogen-bond acceptors (Lipinski definition) is 7. The summed E-state index contributed by atoms with van der Waals surface area (Å²) in [6.45, 7) is 0. The molecule has 9 nitrogen and oxygen atoms in total. The van der Waals surface area contributed by atoms with Crippen LogP contribution in [0.5, 0.6) is 17.2 Å². The molecule has 0 saturated carbocycles. The standard InChI is InChI=1S/C29H26N6O3/c1-36-22-12-9-19(10-13-22)24-16-25(35-29(32-24)30-18-31-35)23-17-34(21-7-5-4-6-8-21)33-28(23)20-11-14-26(37-2)27(15-20)38-3/h4-18,25H,1-3H3,(H,30,31,32)/t25-/m0/s1. The number of ether oxygens (including phenoxy) is 3. The second kappa shape index (κ2) is 9.78. The predicted molar refractivity (Wildman–Crippen MR) is 145 cm³/mol. The van der Waals surface area contributed by atoms with Crippen molar-refractivity contribution >= 4 is 11.6 Å². The van der Waals surface area contributed by atoms with Crippen molar-refractivity contribution in [1.29, 1.82) is 0 Å². The van der Waals surface area contributed by atoms with Crippen LogP contribution in [0.3, 0.4) is 0 Å². The molecule has 0 unspecified atom stereocenters. The number of nitrogens with zero attached hydrogens (tertiary/aromatic N) is 5. The van der Waals surface area contributed by atoms with Gasteiger partial charge in [0.25, 0.3) is 0 Å². The lowest BCUT2D eigenvalue weighted by Crippen LogP contribution is -2.20. The van der Waals surface area contributed by atoms with E-state index in [4.69, 9.17) is 19.3 Å². The number of methoxy groups -OCH3 is 3. The Morgan fingerprint density at radius 1 is 0.816 bits per heavy atom. The molecule has 5 aromatic rings. The fourth-order valence-corrected chi connectivity index (χ4v) is 4.62. The van der Waals surface area contributed by atoms with Crippen LogP contribution >= 0.6 is 0 Å². The maximum absolute atomic E-state index is 5.59. The molecule has 1 aliphatic rings. The van der Waals surface area contributed by atoms with Gasteiger partial charge >= 0.3 is 0 Å². The molecule has 9 heteroatoms. The molecule has 190 valence electrons. The van der Waals surface area contributed by atoms with Gasteiger partial charge in [0.2, 0.25) is 5.95 Å². The highest BCUT2D eigenvalue weighted by molar-refractivity contribution is 5.78. The highest BCUT2D eigenvalue weighted by Gasteiger charge is 2.28. The van der Waals surface area contributed by atoms with E-state index in [1.165, 1.54) is 0 Å². The van der Waals surface area contributed by atoms with Gasteiger partial charge in [-0.05, 0) is 66.2 Å². The summed E-state index contributed by atoms with van der Waals surface area (Å²) >= 11 is 0. The third kappa shape index (κ3) is 4.13. The van der Waals surface area contributed by atoms with Gasteiger partial charge in [-0.1, -0.05) is 18.2 Å². The Hall–Kier alpha value is -5.05. The lowest BCUT2D eigenvalue weighted by Gasteiger charge is -2.24. The molecule has 6 rings (SSSR count). The van der Waals surface area contributed by atoms with Gasteiger partial charge < -0.3 is 19.5 Å². The molecule has 38 heavy (non-hydrogen) atoms. The molecule has 1 atom stereocenters. The van der Waals surface area contributed by atoms with Crippen molar-refractivity contribution in [1.82, 2.24) is 24.5 Å². The van der Waals surface area contributed by atoms with Gasteiger partial charge in [0, 0.05) is 23.0 Å². The van der Waals surface area contributed by atoms with E-state index in [-0.39, 0.29) is 6.04 Å². The monoisotopic (exact) mass is 506 g/mol. The van der Waals surface area contributed by atoms with Crippen LogP contribution in [0.1, 0.15) is 17.2 Å². The van der Waals surface area contributed by atoms with E-state index in [1.807, 2.05) is 88.4 Å². The summed E-state index contributed by atoms with van der Waals surface area (Å²) in [6.07, 6.45) is 5.74. The minimum Gasteiger partial charge on any atom is -0.497 e. The molecule has 0 bridgehead atoms. The number of hydrogen-bond donors (Lipinski definition) is 1. The van der Waals surface area contributed by atoms with Crippen LogP contribution in [0, 0.1) is 0 Å². The molecule has 0 aliphatic carbocycles. The summed E-state index contributed by atoms with van der Waals surface area (Å²) in [5.41, 5.74) is 5.53. The van der Waals surface area contributed by atoms with Crippen LogP contribution < -0.4 is 19.5 Å². The topological polar surface area (TPSA) is 88.2 Å². The Kier molecular flexibility index (Phi) is 6.01. The van der Waals surface area contributed by atoms with Crippen molar-refractivity contribution in [2.24, 2.45) is 0 Å². The van der Waals surface area contributed by atoms with Crippen molar-refractivity contribution in [3.05, 3.63) is 103 Å². The number of fused-ring (bicyclic) bond motifs is 1. The highest BCUT2D eigenvalue weighted by Crippen LogP contribution is 2.39. The molecule has 0 fully saturated rings. The number of nitrogens with one attached hydrogen (secondary N) is 1. The van der Waals surface area contributed by atoms with Gasteiger partial charge in [0.05, 0.1) is 32.7 Å². The lowest BCUT2D eigenvalue weighted by atomic mass is 9.99. The van der Waals surface area contributed by atoms with E-state index in [2.05, 4.69) is 21.5 Å². The molecule has 0 saturated heterocycles. The number of aromatic nitrogens is 5. The SMILES string of the molecule is COc1ccc(C2=C[C@@H](c3cn(-c4ccccc4)nc3-c3ccc(OC)c(OC)c3)n3ncnc3N2)cc1. The number of allylic oxidation sites excluding steroid dienone is 1. The van der Waals surface area contributed by atoms with Gasteiger partial charge in [0.15, 0.2) is 11.5 Å². The Labute approximate surface area is 219 Å². The molecule has 3 heterocycles. The molecule has 0 spiro atoms. The van der Waals surface area contributed by atoms with E-state index >= 15 is 0 Å². The maximum atomic E-state index is 5.59. The molecule has 0 radical (unpaired) electrons. The normalized spacial score (nSPS) is 14.3. The first-order chi connectivity index (χ1) is 18.7. The van der Waals surface area contributed by atoms with E-state index in [1.54, 1.807) is 27.7 Å². The van der Waals surface area contributed by atoms with Crippen LogP contribution in [0.4, 0.5) is 5.95 Å². The first kappa shape index (κ1) is 23.4. The average molecular weight is 507 g/mol. The van der Waals surface area contributed by atoms with Crippen LogP contribution in [0.2, 0.25) is 0 Å². The molecule has 0 amide bonds. The molecule has 1 N–H and O–H groups in total. The highest BCUT2D eigenvalue weighted by atomic mass is 16.5. The summed E-state index contributed by atoms with van der Waals surface area (Å²) in [6, 6.07) is 23.5.